The van der Waals surface area contributed by atoms with Gasteiger partial charge in [-0.15, -0.1) is 10.2 Å². The van der Waals surface area contributed by atoms with Crippen molar-refractivity contribution in [3.8, 4) is 22.5 Å². The molecule has 1 unspecified atom stereocenters. The molecule has 3 heterocycles. The molecule has 1 N–H and O–H groups in total. The molecule has 5 rings (SSSR count). The number of hydrazine groups is 1. The fourth-order valence-corrected chi connectivity index (χ4v) is 4.47. The highest BCUT2D eigenvalue weighted by molar-refractivity contribution is 5.93. The highest BCUT2D eigenvalue weighted by Crippen LogP contribution is 2.35. The summed E-state index contributed by atoms with van der Waals surface area (Å²) >= 11 is 0. The first-order valence-corrected chi connectivity index (χ1v) is 10.8. The fourth-order valence-electron chi connectivity index (χ4n) is 4.47. The van der Waals surface area contributed by atoms with E-state index in [4.69, 9.17) is 0 Å². The van der Waals surface area contributed by atoms with E-state index in [0.29, 0.717) is 18.1 Å². The first kappa shape index (κ1) is 21.9. The van der Waals surface area contributed by atoms with Crippen molar-refractivity contribution in [1.82, 2.24) is 30.6 Å². The van der Waals surface area contributed by atoms with Crippen LogP contribution in [0.1, 0.15) is 18.9 Å². The third kappa shape index (κ3) is 4.30. The number of halogens is 3. The van der Waals surface area contributed by atoms with Crippen LogP contribution in [-0.4, -0.2) is 55.6 Å². The Morgan fingerprint density at radius 1 is 1.03 bits per heavy atom. The maximum Gasteiger partial charge on any atom is 0.394 e. The number of allylic oxidation sites excluding steroid dienone is 2. The number of aromatic amines is 1. The predicted molar refractivity (Wildman–Crippen MR) is 122 cm³/mol. The van der Waals surface area contributed by atoms with Crippen LogP contribution in [0, 0.1) is 0 Å². The topological polar surface area (TPSA) is 73.3 Å². The van der Waals surface area contributed by atoms with Crippen molar-refractivity contribution in [3.63, 3.8) is 0 Å². The van der Waals surface area contributed by atoms with Gasteiger partial charge in [0.1, 0.15) is 5.82 Å². The second-order valence-electron chi connectivity index (χ2n) is 8.39. The predicted octanol–water partition coefficient (Wildman–Crippen LogP) is 4.76. The van der Waals surface area contributed by atoms with E-state index in [9.17, 15) is 13.2 Å². The van der Waals surface area contributed by atoms with E-state index in [1.165, 1.54) is 0 Å². The Morgan fingerprint density at radius 2 is 1.76 bits per heavy atom. The second-order valence-corrected chi connectivity index (χ2v) is 8.39. The number of nitrogens with one attached hydrogen (secondary N) is 1. The van der Waals surface area contributed by atoms with Gasteiger partial charge in [-0.05, 0) is 40.5 Å². The van der Waals surface area contributed by atoms with Crippen molar-refractivity contribution in [2.75, 3.05) is 7.05 Å². The third-order valence-corrected chi connectivity index (χ3v) is 5.85. The molecule has 7 nitrogen and oxygen atoms in total. The number of nitrogens with zero attached hydrogens (tertiary/aromatic N) is 6. The monoisotopic (exact) mass is 465 g/mol. The van der Waals surface area contributed by atoms with E-state index in [0.717, 1.165) is 27.8 Å². The van der Waals surface area contributed by atoms with Gasteiger partial charge in [0, 0.05) is 25.2 Å². The smallest absolute Gasteiger partial charge is 0.293 e. The molecule has 0 spiro atoms. The molecule has 1 atom stereocenters. The van der Waals surface area contributed by atoms with Crippen LogP contribution in [0.15, 0.2) is 77.2 Å². The van der Waals surface area contributed by atoms with Gasteiger partial charge in [0.05, 0.1) is 18.2 Å². The van der Waals surface area contributed by atoms with Gasteiger partial charge in [0.25, 0.3) is 0 Å². The number of aliphatic imine (C=N–C) groups is 1. The Bertz CT molecular complexity index is 1270. The SMILES string of the molecule is CC1=CN(C)N2C(=C1)N=C(CC(F)(F)F)C2Cc1ccc(-c2ccccc2-c2nn[nH]n2)cc1. The molecule has 0 aliphatic carbocycles. The fraction of sp³-hybridized carbons (Fsp3) is 0.250. The molecule has 174 valence electrons. The summed E-state index contributed by atoms with van der Waals surface area (Å²) in [6, 6.07) is 15.0. The molecular formula is C24H22F3N7. The number of hydrogen-bond donors (Lipinski definition) is 1. The quantitative estimate of drug-likeness (QED) is 0.588. The standard InChI is InChI=1S/C24H22F3N7/c1-15-11-22-28-20(13-24(25,26)27)21(34(22)33(2)14-15)12-16-7-9-17(10-8-16)18-5-3-4-6-19(18)23-29-31-32-30-23/h3-11,14,21H,12-13H2,1-2H3,(H,29,30,31,32). The second kappa shape index (κ2) is 8.44. The van der Waals surface area contributed by atoms with Crippen molar-refractivity contribution >= 4 is 5.71 Å². The summed E-state index contributed by atoms with van der Waals surface area (Å²) in [7, 11) is 1.83. The third-order valence-electron chi connectivity index (χ3n) is 5.85. The van der Waals surface area contributed by atoms with E-state index in [2.05, 4.69) is 25.6 Å². The molecule has 3 aromatic rings. The van der Waals surface area contributed by atoms with Gasteiger partial charge in [-0.3, -0.25) is 10.0 Å². The van der Waals surface area contributed by atoms with Gasteiger partial charge >= 0.3 is 6.18 Å². The Kier molecular flexibility index (Phi) is 5.43. The Hall–Kier alpha value is -3.95. The largest absolute Gasteiger partial charge is 0.394 e. The minimum absolute atomic E-state index is 0.125. The summed E-state index contributed by atoms with van der Waals surface area (Å²) in [5.41, 5.74) is 4.72. The number of hydrogen-bond acceptors (Lipinski definition) is 6. The maximum atomic E-state index is 13.3. The number of H-pyrrole nitrogens is 1. The van der Waals surface area contributed by atoms with Crippen LogP contribution in [0.3, 0.4) is 0 Å². The molecular weight excluding hydrogens is 443 g/mol. The van der Waals surface area contributed by atoms with Crippen LogP contribution in [0.4, 0.5) is 13.2 Å². The maximum absolute atomic E-state index is 13.3. The average molecular weight is 465 g/mol. The highest BCUT2D eigenvalue weighted by atomic mass is 19.4. The van der Waals surface area contributed by atoms with Crippen LogP contribution in [0.25, 0.3) is 22.5 Å². The molecule has 2 aliphatic heterocycles. The van der Waals surface area contributed by atoms with Crippen LogP contribution >= 0.6 is 0 Å². The molecule has 0 amide bonds. The number of benzene rings is 2. The summed E-state index contributed by atoms with van der Waals surface area (Å²) in [5, 5.41) is 17.9. The first-order chi connectivity index (χ1) is 16.3. The number of rotatable bonds is 5. The molecule has 0 fully saturated rings. The van der Waals surface area contributed by atoms with Gasteiger partial charge in [-0.2, -0.15) is 18.4 Å². The molecule has 0 bridgehead atoms. The van der Waals surface area contributed by atoms with Gasteiger partial charge in [0.2, 0.25) is 5.82 Å². The normalized spacial score (nSPS) is 17.9. The van der Waals surface area contributed by atoms with Crippen LogP contribution < -0.4 is 0 Å². The van der Waals surface area contributed by atoms with Crippen molar-refractivity contribution < 1.29 is 13.2 Å². The molecule has 2 aliphatic rings. The number of fused-ring (bicyclic) bond motifs is 1. The molecule has 0 saturated heterocycles. The van der Waals surface area contributed by atoms with Crippen molar-refractivity contribution in [2.24, 2.45) is 4.99 Å². The number of tetrazole rings is 1. The molecule has 10 heteroatoms. The summed E-state index contributed by atoms with van der Waals surface area (Å²) in [5.74, 6) is 1.03. The molecule has 2 aromatic carbocycles. The average Bonchev–Trinajstić information content (AvgIpc) is 3.42. The molecule has 34 heavy (non-hydrogen) atoms. The zero-order chi connectivity index (χ0) is 23.9. The Labute approximate surface area is 194 Å². The summed E-state index contributed by atoms with van der Waals surface area (Å²) in [4.78, 5) is 4.36. The highest BCUT2D eigenvalue weighted by Gasteiger charge is 2.41. The lowest BCUT2D eigenvalue weighted by molar-refractivity contribution is -0.122. The van der Waals surface area contributed by atoms with Gasteiger partial charge in [-0.1, -0.05) is 48.5 Å². The summed E-state index contributed by atoms with van der Waals surface area (Å²) < 4.78 is 39.9. The van der Waals surface area contributed by atoms with Gasteiger partial charge < -0.3 is 0 Å². The van der Waals surface area contributed by atoms with E-state index >= 15 is 0 Å². The van der Waals surface area contributed by atoms with Crippen LogP contribution in [0.5, 0.6) is 0 Å². The van der Waals surface area contributed by atoms with Crippen LogP contribution in [0.2, 0.25) is 0 Å². The summed E-state index contributed by atoms with van der Waals surface area (Å²) in [6.45, 7) is 1.90. The van der Waals surface area contributed by atoms with E-state index < -0.39 is 18.6 Å². The van der Waals surface area contributed by atoms with Gasteiger partial charge in [0.15, 0.2) is 0 Å². The molecule has 0 radical (unpaired) electrons. The summed E-state index contributed by atoms with van der Waals surface area (Å²) in [6.07, 6.45) is -1.25. The van der Waals surface area contributed by atoms with Crippen molar-refractivity contribution in [3.05, 3.63) is 77.8 Å². The van der Waals surface area contributed by atoms with Crippen LogP contribution in [-0.2, 0) is 6.42 Å². The lowest BCUT2D eigenvalue weighted by Crippen LogP contribution is -2.46. The van der Waals surface area contributed by atoms with E-state index in [-0.39, 0.29) is 5.71 Å². The molecule has 0 saturated carbocycles. The zero-order valence-electron chi connectivity index (χ0n) is 18.6. The van der Waals surface area contributed by atoms with E-state index in [1.54, 1.807) is 0 Å². The Balaban J connectivity index is 1.42. The van der Waals surface area contributed by atoms with Gasteiger partial charge in [-0.25, -0.2) is 4.99 Å². The lowest BCUT2D eigenvalue weighted by atomic mass is 9.95. The number of aromatic nitrogens is 4. The van der Waals surface area contributed by atoms with Crippen molar-refractivity contribution in [1.29, 1.82) is 0 Å². The Morgan fingerprint density at radius 3 is 2.44 bits per heavy atom. The first-order valence-electron chi connectivity index (χ1n) is 10.8. The minimum atomic E-state index is -4.32. The zero-order valence-corrected chi connectivity index (χ0v) is 18.6. The minimum Gasteiger partial charge on any atom is -0.293 e. The van der Waals surface area contributed by atoms with E-state index in [1.807, 2.05) is 84.8 Å². The van der Waals surface area contributed by atoms with Crippen molar-refractivity contribution in [2.45, 2.75) is 32.0 Å². The lowest BCUT2D eigenvalue weighted by Gasteiger charge is -2.37. The number of alkyl halides is 3. The molecule has 1 aromatic heterocycles.